The molecule has 4 nitrogen and oxygen atoms in total. The van der Waals surface area contributed by atoms with Crippen molar-refractivity contribution in [1.29, 1.82) is 0 Å². The molecule has 0 aromatic carbocycles. The maximum absolute atomic E-state index is 12.4. The van der Waals surface area contributed by atoms with Crippen LogP contribution in [0.3, 0.4) is 0 Å². The van der Waals surface area contributed by atoms with Gasteiger partial charge >= 0.3 is 0 Å². The fraction of sp³-hybridized carbons (Fsp3) is 0.615. The van der Waals surface area contributed by atoms with Gasteiger partial charge in [0.2, 0.25) is 0 Å². The molecule has 1 saturated heterocycles. The first-order valence-corrected chi connectivity index (χ1v) is 6.72. The van der Waals surface area contributed by atoms with Gasteiger partial charge in [-0.15, -0.1) is 0 Å². The second-order valence-electron chi connectivity index (χ2n) is 5.07. The lowest BCUT2D eigenvalue weighted by atomic mass is 10.2. The largest absolute Gasteiger partial charge is 0.335 e. The van der Waals surface area contributed by atoms with Crippen LogP contribution < -0.4 is 0 Å². The van der Waals surface area contributed by atoms with Gasteiger partial charge in [-0.3, -0.25) is 4.79 Å². The number of carbonyl (C=O) groups is 1. The van der Waals surface area contributed by atoms with Crippen molar-refractivity contribution in [2.75, 3.05) is 6.54 Å². The van der Waals surface area contributed by atoms with Gasteiger partial charge in [-0.25, -0.2) is 9.97 Å². The van der Waals surface area contributed by atoms with Crippen LogP contribution in [0.1, 0.15) is 55.8 Å². The van der Waals surface area contributed by atoms with Crippen LogP contribution >= 0.6 is 11.6 Å². The van der Waals surface area contributed by atoms with Gasteiger partial charge in [0.05, 0.1) is 11.2 Å². The predicted octanol–water partition coefficient (Wildman–Crippen LogP) is 2.88. The molecule has 5 heteroatoms. The number of carbonyl (C=O) groups excluding carboxylic acids is 1. The summed E-state index contributed by atoms with van der Waals surface area (Å²) in [5.41, 5.74) is 0.337. The zero-order valence-corrected chi connectivity index (χ0v) is 11.7. The second-order valence-corrected chi connectivity index (χ2v) is 5.48. The summed E-state index contributed by atoms with van der Waals surface area (Å²) >= 11 is 6.05. The molecule has 1 aliphatic rings. The highest BCUT2D eigenvalue weighted by Gasteiger charge is 2.28. The molecule has 1 aromatic rings. The smallest absolute Gasteiger partial charge is 0.274 e. The first kappa shape index (κ1) is 13.3. The van der Waals surface area contributed by atoms with Crippen LogP contribution in [0.2, 0.25) is 5.02 Å². The Bertz CT molecular complexity index is 462. The van der Waals surface area contributed by atoms with Crippen LogP contribution in [0.4, 0.5) is 0 Å². The van der Waals surface area contributed by atoms with E-state index in [4.69, 9.17) is 11.6 Å². The van der Waals surface area contributed by atoms with Gasteiger partial charge < -0.3 is 4.90 Å². The molecule has 0 radical (unpaired) electrons. The lowest BCUT2D eigenvalue weighted by Crippen LogP contribution is -2.34. The summed E-state index contributed by atoms with van der Waals surface area (Å²) in [4.78, 5) is 22.7. The standard InChI is InChI=1S/C13H18ClN3O/c1-8(2)12-15-7-10(14)11(16-12)13(18)17-6-4-5-9(17)3/h7-9H,4-6H2,1-3H3. The number of rotatable bonds is 2. The molecule has 0 bridgehead atoms. The Morgan fingerprint density at radius 2 is 2.28 bits per heavy atom. The summed E-state index contributed by atoms with van der Waals surface area (Å²) in [6.45, 7) is 6.84. The third kappa shape index (κ3) is 2.48. The third-order valence-electron chi connectivity index (χ3n) is 3.30. The minimum absolute atomic E-state index is 0.0747. The number of amides is 1. The Morgan fingerprint density at radius 1 is 1.56 bits per heavy atom. The maximum Gasteiger partial charge on any atom is 0.274 e. The number of nitrogens with zero attached hydrogens (tertiary/aromatic N) is 3. The van der Waals surface area contributed by atoms with E-state index < -0.39 is 0 Å². The Hall–Kier alpha value is -1.16. The van der Waals surface area contributed by atoms with Crippen molar-refractivity contribution in [3.8, 4) is 0 Å². The molecule has 0 spiro atoms. The van der Waals surface area contributed by atoms with Crippen molar-refractivity contribution in [1.82, 2.24) is 14.9 Å². The van der Waals surface area contributed by atoms with Crippen molar-refractivity contribution >= 4 is 17.5 Å². The summed E-state index contributed by atoms with van der Waals surface area (Å²) in [6.07, 6.45) is 3.62. The molecule has 1 atom stereocenters. The maximum atomic E-state index is 12.4. The van der Waals surface area contributed by atoms with E-state index in [1.54, 1.807) is 0 Å². The van der Waals surface area contributed by atoms with Crippen LogP contribution in [-0.2, 0) is 0 Å². The highest BCUT2D eigenvalue weighted by atomic mass is 35.5. The molecule has 2 heterocycles. The number of likely N-dealkylation sites (tertiary alicyclic amines) is 1. The number of aromatic nitrogens is 2. The molecule has 1 aromatic heterocycles. The summed E-state index contributed by atoms with van der Waals surface area (Å²) < 4.78 is 0. The molecule has 0 aliphatic carbocycles. The molecule has 0 saturated carbocycles. The van der Waals surface area contributed by atoms with Gasteiger partial charge in [0.25, 0.3) is 5.91 Å². The first-order valence-electron chi connectivity index (χ1n) is 6.34. The van der Waals surface area contributed by atoms with Crippen molar-refractivity contribution < 1.29 is 4.79 Å². The van der Waals surface area contributed by atoms with Gasteiger partial charge in [-0.1, -0.05) is 25.4 Å². The molecule has 1 fully saturated rings. The van der Waals surface area contributed by atoms with Crippen LogP contribution in [0.25, 0.3) is 0 Å². The summed E-state index contributed by atoms with van der Waals surface area (Å²) in [5, 5.41) is 0.337. The zero-order chi connectivity index (χ0) is 13.3. The minimum atomic E-state index is -0.0747. The van der Waals surface area contributed by atoms with Crippen LogP contribution in [0.5, 0.6) is 0 Å². The molecule has 1 amide bonds. The van der Waals surface area contributed by atoms with Gasteiger partial charge in [-0.05, 0) is 19.8 Å². The Kier molecular flexibility index (Phi) is 3.85. The van der Waals surface area contributed by atoms with E-state index in [9.17, 15) is 4.79 Å². The SMILES string of the molecule is CC(C)c1ncc(Cl)c(C(=O)N2CCCC2C)n1. The van der Waals surface area contributed by atoms with Gasteiger partial charge in [0.1, 0.15) is 5.82 Å². The van der Waals surface area contributed by atoms with Crippen LogP contribution in [-0.4, -0.2) is 33.4 Å². The molecule has 2 rings (SSSR count). The minimum Gasteiger partial charge on any atom is -0.335 e. The van der Waals surface area contributed by atoms with Gasteiger partial charge in [0, 0.05) is 18.5 Å². The topological polar surface area (TPSA) is 46.1 Å². The fourth-order valence-corrected chi connectivity index (χ4v) is 2.35. The predicted molar refractivity (Wildman–Crippen MR) is 70.9 cm³/mol. The quantitative estimate of drug-likeness (QED) is 0.828. The molecule has 98 valence electrons. The summed E-state index contributed by atoms with van der Waals surface area (Å²) in [6, 6.07) is 0.269. The van der Waals surface area contributed by atoms with E-state index in [1.165, 1.54) is 6.20 Å². The number of halogens is 1. The molecule has 0 N–H and O–H groups in total. The van der Waals surface area contributed by atoms with Crippen molar-refractivity contribution in [2.24, 2.45) is 0 Å². The van der Waals surface area contributed by atoms with Gasteiger partial charge in [0.15, 0.2) is 5.69 Å². The van der Waals surface area contributed by atoms with Gasteiger partial charge in [-0.2, -0.15) is 0 Å². The molecule has 1 aliphatic heterocycles. The Morgan fingerprint density at radius 3 is 2.83 bits per heavy atom. The fourth-order valence-electron chi connectivity index (χ4n) is 2.18. The zero-order valence-electron chi connectivity index (χ0n) is 11.0. The van der Waals surface area contributed by atoms with Crippen LogP contribution in [0.15, 0.2) is 6.20 Å². The van der Waals surface area contributed by atoms with Crippen molar-refractivity contribution in [3.05, 3.63) is 22.7 Å². The molecular formula is C13H18ClN3O. The average molecular weight is 268 g/mol. The molecular weight excluding hydrogens is 250 g/mol. The average Bonchev–Trinajstić information content (AvgIpc) is 2.75. The van der Waals surface area contributed by atoms with Crippen molar-refractivity contribution in [3.63, 3.8) is 0 Å². The lowest BCUT2D eigenvalue weighted by molar-refractivity contribution is 0.0741. The van der Waals surface area contributed by atoms with Crippen molar-refractivity contribution in [2.45, 2.75) is 45.6 Å². The highest BCUT2D eigenvalue weighted by molar-refractivity contribution is 6.33. The second kappa shape index (κ2) is 5.22. The van der Waals surface area contributed by atoms with E-state index in [0.29, 0.717) is 16.5 Å². The molecule has 18 heavy (non-hydrogen) atoms. The first-order chi connectivity index (χ1) is 8.50. The monoisotopic (exact) mass is 267 g/mol. The van der Waals surface area contributed by atoms with E-state index >= 15 is 0 Å². The Labute approximate surface area is 112 Å². The third-order valence-corrected chi connectivity index (χ3v) is 3.57. The molecule has 1 unspecified atom stereocenters. The number of hydrogen-bond donors (Lipinski definition) is 0. The van der Waals surface area contributed by atoms with E-state index in [-0.39, 0.29) is 17.9 Å². The van der Waals surface area contributed by atoms with E-state index in [2.05, 4.69) is 16.9 Å². The lowest BCUT2D eigenvalue weighted by Gasteiger charge is -2.21. The van der Waals surface area contributed by atoms with Crippen LogP contribution in [0, 0.1) is 0 Å². The highest BCUT2D eigenvalue weighted by Crippen LogP contribution is 2.23. The normalized spacial score (nSPS) is 19.6. The summed E-state index contributed by atoms with van der Waals surface area (Å²) in [7, 11) is 0. The number of hydrogen-bond acceptors (Lipinski definition) is 3. The summed E-state index contributed by atoms with van der Waals surface area (Å²) in [5.74, 6) is 0.772. The van der Waals surface area contributed by atoms with E-state index in [0.717, 1.165) is 19.4 Å². The van der Waals surface area contributed by atoms with E-state index in [1.807, 2.05) is 18.7 Å². The Balaban J connectivity index is 2.31.